The quantitative estimate of drug-likeness (QED) is 0.681. The van der Waals surface area contributed by atoms with Gasteiger partial charge in [-0.3, -0.25) is 0 Å². The molecule has 4 heteroatoms. The van der Waals surface area contributed by atoms with E-state index in [1.54, 1.807) is 0 Å². The summed E-state index contributed by atoms with van der Waals surface area (Å²) in [6, 6.07) is 16.9. The van der Waals surface area contributed by atoms with Gasteiger partial charge >= 0.3 is 0 Å². The van der Waals surface area contributed by atoms with Crippen LogP contribution in [-0.2, 0) is 6.42 Å². The lowest BCUT2D eigenvalue weighted by atomic mass is 10.1. The van der Waals surface area contributed by atoms with Crippen LogP contribution in [0.2, 0.25) is 0 Å². The van der Waals surface area contributed by atoms with E-state index in [0.29, 0.717) is 6.17 Å². The summed E-state index contributed by atoms with van der Waals surface area (Å²) in [6.07, 6.45) is 3.30. The molecule has 0 N–H and O–H groups in total. The molecule has 0 amide bonds. The fourth-order valence-electron chi connectivity index (χ4n) is 3.86. The Kier molecular flexibility index (Phi) is 2.71. The first-order valence-electron chi connectivity index (χ1n) is 8.27. The maximum Gasteiger partial charge on any atom is 0.161 e. The third-order valence-electron chi connectivity index (χ3n) is 5.13. The second-order valence-electron chi connectivity index (χ2n) is 6.51. The van der Waals surface area contributed by atoms with Crippen molar-refractivity contribution in [2.75, 3.05) is 16.8 Å². The molecule has 0 aliphatic carbocycles. The van der Waals surface area contributed by atoms with E-state index in [4.69, 9.17) is 4.98 Å². The summed E-state index contributed by atoms with van der Waals surface area (Å²) in [6.45, 7) is 2.10. The molecule has 0 bridgehead atoms. The zero-order valence-corrected chi connectivity index (χ0v) is 13.8. The van der Waals surface area contributed by atoms with Gasteiger partial charge in [-0.2, -0.15) is 0 Å². The third kappa shape index (κ3) is 1.74. The summed E-state index contributed by atoms with van der Waals surface area (Å²) in [7, 11) is 2.13. The Balaban J connectivity index is 1.65. The van der Waals surface area contributed by atoms with Crippen molar-refractivity contribution in [1.82, 2.24) is 9.97 Å². The van der Waals surface area contributed by atoms with Gasteiger partial charge in [-0.1, -0.05) is 42.5 Å². The van der Waals surface area contributed by atoms with Crippen molar-refractivity contribution in [3.05, 3.63) is 65.9 Å². The van der Waals surface area contributed by atoms with Crippen molar-refractivity contribution in [1.29, 1.82) is 0 Å². The van der Waals surface area contributed by atoms with E-state index in [0.717, 1.165) is 29.3 Å². The van der Waals surface area contributed by atoms with Crippen LogP contribution in [0.4, 0.5) is 17.2 Å². The van der Waals surface area contributed by atoms with Crippen LogP contribution in [-0.4, -0.2) is 23.2 Å². The van der Waals surface area contributed by atoms with Crippen molar-refractivity contribution in [2.45, 2.75) is 19.5 Å². The SMILES string of the molecule is Cc1ccccc1-c1ncc2c(n1)N(C)C1Cc3ccccc3N21. The minimum absolute atomic E-state index is 0.304. The van der Waals surface area contributed by atoms with Crippen molar-refractivity contribution in [3.8, 4) is 11.4 Å². The first-order chi connectivity index (χ1) is 11.7. The van der Waals surface area contributed by atoms with Gasteiger partial charge in [-0.05, 0) is 24.1 Å². The monoisotopic (exact) mass is 314 g/mol. The molecule has 4 nitrogen and oxygen atoms in total. The van der Waals surface area contributed by atoms with E-state index in [9.17, 15) is 0 Å². The highest BCUT2D eigenvalue weighted by Crippen LogP contribution is 2.48. The number of likely N-dealkylation sites (N-methyl/N-ethyl adjacent to an activating group) is 1. The largest absolute Gasteiger partial charge is 0.337 e. The molecule has 0 saturated heterocycles. The number of anilines is 3. The molecular formula is C20H18N4. The Bertz CT molecular complexity index is 950. The number of aromatic nitrogens is 2. The van der Waals surface area contributed by atoms with Crippen molar-refractivity contribution < 1.29 is 0 Å². The summed E-state index contributed by atoms with van der Waals surface area (Å²) in [4.78, 5) is 14.2. The third-order valence-corrected chi connectivity index (χ3v) is 5.13. The van der Waals surface area contributed by atoms with E-state index >= 15 is 0 Å². The Hall–Kier alpha value is -2.88. The molecule has 0 fully saturated rings. The smallest absolute Gasteiger partial charge is 0.161 e. The van der Waals surface area contributed by atoms with Crippen LogP contribution >= 0.6 is 0 Å². The van der Waals surface area contributed by atoms with Crippen molar-refractivity contribution in [3.63, 3.8) is 0 Å². The second-order valence-corrected chi connectivity index (χ2v) is 6.51. The highest BCUT2D eigenvalue weighted by molar-refractivity contribution is 5.85. The van der Waals surface area contributed by atoms with E-state index in [1.165, 1.54) is 16.8 Å². The lowest BCUT2D eigenvalue weighted by Crippen LogP contribution is -2.36. The normalized spacial score (nSPS) is 17.7. The van der Waals surface area contributed by atoms with E-state index in [1.807, 2.05) is 18.3 Å². The molecular weight excluding hydrogens is 296 g/mol. The highest BCUT2D eigenvalue weighted by Gasteiger charge is 2.41. The number of fused-ring (bicyclic) bond motifs is 5. The van der Waals surface area contributed by atoms with Crippen LogP contribution in [0.5, 0.6) is 0 Å². The molecule has 118 valence electrons. The van der Waals surface area contributed by atoms with Gasteiger partial charge in [0.05, 0.1) is 6.20 Å². The summed E-state index contributed by atoms with van der Waals surface area (Å²) < 4.78 is 0. The standard InChI is InChI=1S/C20H18N4/c1-13-7-3-5-9-15(13)19-21-12-17-20(22-19)23(2)18-11-14-8-4-6-10-16(14)24(17)18/h3-10,12,18H,11H2,1-2H3. The fraction of sp³-hybridized carbons (Fsp3) is 0.200. The van der Waals surface area contributed by atoms with E-state index in [2.05, 4.69) is 65.2 Å². The summed E-state index contributed by atoms with van der Waals surface area (Å²) >= 11 is 0. The summed E-state index contributed by atoms with van der Waals surface area (Å²) in [5.41, 5.74) is 6.07. The van der Waals surface area contributed by atoms with Gasteiger partial charge in [0, 0.05) is 24.7 Å². The number of hydrogen-bond donors (Lipinski definition) is 0. The molecule has 3 aromatic rings. The average molecular weight is 314 g/mol. The first-order valence-corrected chi connectivity index (χ1v) is 8.27. The second kappa shape index (κ2) is 4.81. The van der Waals surface area contributed by atoms with Crippen molar-refractivity contribution in [2.24, 2.45) is 0 Å². The molecule has 2 aliphatic heterocycles. The summed E-state index contributed by atoms with van der Waals surface area (Å²) in [5.74, 6) is 1.82. The van der Waals surface area contributed by atoms with Gasteiger partial charge in [0.15, 0.2) is 11.6 Å². The van der Waals surface area contributed by atoms with Gasteiger partial charge in [0.2, 0.25) is 0 Å². The van der Waals surface area contributed by atoms with Gasteiger partial charge in [-0.15, -0.1) is 0 Å². The molecule has 1 unspecified atom stereocenters. The maximum atomic E-state index is 4.89. The van der Waals surface area contributed by atoms with Gasteiger partial charge in [-0.25, -0.2) is 9.97 Å². The zero-order valence-electron chi connectivity index (χ0n) is 13.8. The fourth-order valence-corrected chi connectivity index (χ4v) is 3.86. The maximum absolute atomic E-state index is 4.89. The predicted octanol–water partition coefficient (Wildman–Crippen LogP) is 3.92. The van der Waals surface area contributed by atoms with Crippen LogP contribution in [0.15, 0.2) is 54.7 Å². The lowest BCUT2D eigenvalue weighted by molar-refractivity contribution is 0.699. The molecule has 2 aliphatic rings. The minimum Gasteiger partial charge on any atom is -0.337 e. The molecule has 2 aromatic carbocycles. The zero-order chi connectivity index (χ0) is 16.3. The molecule has 5 rings (SSSR count). The highest BCUT2D eigenvalue weighted by atomic mass is 15.4. The number of rotatable bonds is 1. The molecule has 1 atom stereocenters. The number of para-hydroxylation sites is 1. The van der Waals surface area contributed by atoms with Crippen LogP contribution in [0.3, 0.4) is 0 Å². The molecule has 0 spiro atoms. The van der Waals surface area contributed by atoms with Crippen LogP contribution in [0, 0.1) is 6.92 Å². The van der Waals surface area contributed by atoms with Gasteiger partial charge in [0.1, 0.15) is 11.9 Å². The Morgan fingerprint density at radius 1 is 1.00 bits per heavy atom. The Labute approximate surface area is 141 Å². The average Bonchev–Trinajstić information content (AvgIpc) is 3.12. The molecule has 3 heterocycles. The van der Waals surface area contributed by atoms with Crippen LogP contribution in [0.1, 0.15) is 11.1 Å². The molecule has 24 heavy (non-hydrogen) atoms. The Morgan fingerprint density at radius 3 is 2.67 bits per heavy atom. The molecule has 0 radical (unpaired) electrons. The van der Waals surface area contributed by atoms with E-state index < -0.39 is 0 Å². The first kappa shape index (κ1) is 13.5. The number of aryl methyl sites for hydroxylation is 1. The number of hydrogen-bond acceptors (Lipinski definition) is 4. The Morgan fingerprint density at radius 2 is 1.79 bits per heavy atom. The minimum atomic E-state index is 0.304. The lowest BCUT2D eigenvalue weighted by Gasteiger charge is -2.22. The number of benzene rings is 2. The van der Waals surface area contributed by atoms with Crippen LogP contribution < -0.4 is 9.80 Å². The van der Waals surface area contributed by atoms with Crippen molar-refractivity contribution >= 4 is 17.2 Å². The molecule has 0 saturated carbocycles. The molecule has 1 aromatic heterocycles. The number of nitrogens with zero attached hydrogens (tertiary/aromatic N) is 4. The van der Waals surface area contributed by atoms with Gasteiger partial charge < -0.3 is 9.80 Å². The predicted molar refractivity (Wildman–Crippen MR) is 96.7 cm³/mol. The summed E-state index contributed by atoms with van der Waals surface area (Å²) in [5, 5.41) is 0. The van der Waals surface area contributed by atoms with Gasteiger partial charge in [0.25, 0.3) is 0 Å². The van der Waals surface area contributed by atoms with Crippen LogP contribution in [0.25, 0.3) is 11.4 Å². The topological polar surface area (TPSA) is 32.3 Å². The van der Waals surface area contributed by atoms with E-state index in [-0.39, 0.29) is 0 Å².